The predicted molar refractivity (Wildman–Crippen MR) is 91.7 cm³/mol. The molecule has 0 unspecified atom stereocenters. The number of ether oxygens (including phenoxy) is 3. The van der Waals surface area contributed by atoms with Crippen molar-refractivity contribution in [3.8, 4) is 17.2 Å². The van der Waals surface area contributed by atoms with Crippen molar-refractivity contribution in [2.24, 2.45) is 0 Å². The fourth-order valence-corrected chi connectivity index (χ4v) is 2.21. The average Bonchev–Trinajstić information content (AvgIpc) is 2.56. The molecule has 1 amide bonds. The summed E-state index contributed by atoms with van der Waals surface area (Å²) in [4.78, 5) is 14.3. The summed E-state index contributed by atoms with van der Waals surface area (Å²) in [5.74, 6) is 1.50. The summed E-state index contributed by atoms with van der Waals surface area (Å²) in [5, 5.41) is 2.87. The third-order valence-corrected chi connectivity index (χ3v) is 3.56. The zero-order chi connectivity index (χ0) is 17.2. The maximum Gasteiger partial charge on any atom is 0.225 e. The standard InChI is InChI=1S/C17H28N2O4/c1-6-7-9-19(2)10-8-16(20)18-13-11-14(21-3)17(23-5)15(12-13)22-4/h11-12H,6-10H2,1-5H3,(H,18,20). The van der Waals surface area contributed by atoms with Crippen LogP contribution < -0.4 is 19.5 Å². The number of nitrogens with zero attached hydrogens (tertiary/aromatic N) is 1. The molecule has 0 aliphatic rings. The molecule has 1 rings (SSSR count). The van der Waals surface area contributed by atoms with Gasteiger partial charge in [-0.1, -0.05) is 13.3 Å². The number of anilines is 1. The first kappa shape index (κ1) is 19.1. The second-order valence-electron chi connectivity index (χ2n) is 5.37. The van der Waals surface area contributed by atoms with Gasteiger partial charge in [-0.25, -0.2) is 0 Å². The normalized spacial score (nSPS) is 10.5. The molecule has 6 nitrogen and oxygen atoms in total. The van der Waals surface area contributed by atoms with Crippen molar-refractivity contribution in [2.75, 3.05) is 46.8 Å². The van der Waals surface area contributed by atoms with E-state index in [4.69, 9.17) is 14.2 Å². The quantitative estimate of drug-likeness (QED) is 0.717. The highest BCUT2D eigenvalue weighted by molar-refractivity contribution is 5.91. The second kappa shape index (κ2) is 9.94. The van der Waals surface area contributed by atoms with Crippen molar-refractivity contribution in [3.05, 3.63) is 12.1 Å². The third kappa shape index (κ3) is 5.98. The molecule has 0 aromatic heterocycles. The molecule has 0 bridgehead atoms. The lowest BCUT2D eigenvalue weighted by molar-refractivity contribution is -0.116. The number of rotatable bonds is 10. The van der Waals surface area contributed by atoms with E-state index in [9.17, 15) is 4.79 Å². The topological polar surface area (TPSA) is 60.0 Å². The van der Waals surface area contributed by atoms with E-state index in [0.717, 1.165) is 25.9 Å². The molecule has 6 heteroatoms. The van der Waals surface area contributed by atoms with E-state index in [-0.39, 0.29) is 5.91 Å². The van der Waals surface area contributed by atoms with Gasteiger partial charge >= 0.3 is 0 Å². The van der Waals surface area contributed by atoms with Gasteiger partial charge in [-0.05, 0) is 20.0 Å². The van der Waals surface area contributed by atoms with Crippen LogP contribution in [0, 0.1) is 0 Å². The maximum absolute atomic E-state index is 12.1. The van der Waals surface area contributed by atoms with E-state index in [0.29, 0.717) is 29.4 Å². The van der Waals surface area contributed by atoms with Crippen LogP contribution in [0.1, 0.15) is 26.2 Å². The van der Waals surface area contributed by atoms with Gasteiger partial charge in [-0.15, -0.1) is 0 Å². The highest BCUT2D eigenvalue weighted by Gasteiger charge is 2.14. The smallest absolute Gasteiger partial charge is 0.225 e. The predicted octanol–water partition coefficient (Wildman–Crippen LogP) is 2.77. The Hall–Kier alpha value is -1.95. The van der Waals surface area contributed by atoms with Gasteiger partial charge in [0.25, 0.3) is 0 Å². The number of carbonyl (C=O) groups excluding carboxylic acids is 1. The fourth-order valence-electron chi connectivity index (χ4n) is 2.21. The zero-order valence-corrected chi connectivity index (χ0v) is 14.8. The maximum atomic E-state index is 12.1. The van der Waals surface area contributed by atoms with Crippen LogP contribution in [0.15, 0.2) is 12.1 Å². The molecule has 0 atom stereocenters. The van der Waals surface area contributed by atoms with Crippen LogP contribution in [0.4, 0.5) is 5.69 Å². The van der Waals surface area contributed by atoms with Crippen molar-refractivity contribution >= 4 is 11.6 Å². The second-order valence-corrected chi connectivity index (χ2v) is 5.37. The summed E-state index contributed by atoms with van der Waals surface area (Å²) in [6.45, 7) is 3.90. The summed E-state index contributed by atoms with van der Waals surface area (Å²) in [6.07, 6.45) is 2.74. The van der Waals surface area contributed by atoms with Crippen LogP contribution in [0.25, 0.3) is 0 Å². The molecule has 23 heavy (non-hydrogen) atoms. The Labute approximate surface area is 138 Å². The largest absolute Gasteiger partial charge is 0.493 e. The van der Waals surface area contributed by atoms with E-state index < -0.39 is 0 Å². The van der Waals surface area contributed by atoms with Crippen molar-refractivity contribution in [1.29, 1.82) is 0 Å². The lowest BCUT2D eigenvalue weighted by atomic mass is 10.2. The minimum absolute atomic E-state index is 0.0392. The summed E-state index contributed by atoms with van der Waals surface area (Å²) in [6, 6.07) is 3.44. The Morgan fingerprint density at radius 2 is 1.70 bits per heavy atom. The first-order valence-corrected chi connectivity index (χ1v) is 7.84. The fraction of sp³-hybridized carbons (Fsp3) is 0.588. The van der Waals surface area contributed by atoms with Gasteiger partial charge in [-0.3, -0.25) is 4.79 Å². The van der Waals surface area contributed by atoms with Crippen LogP contribution in [0.2, 0.25) is 0 Å². The molecule has 0 radical (unpaired) electrons. The summed E-state index contributed by atoms with van der Waals surface area (Å²) in [5.41, 5.74) is 0.626. The number of benzene rings is 1. The Bertz CT molecular complexity index is 480. The monoisotopic (exact) mass is 324 g/mol. The number of unbranched alkanes of at least 4 members (excludes halogenated alkanes) is 1. The van der Waals surface area contributed by atoms with E-state index in [1.54, 1.807) is 33.5 Å². The Morgan fingerprint density at radius 1 is 1.09 bits per heavy atom. The Balaban J connectivity index is 2.67. The summed E-state index contributed by atoms with van der Waals surface area (Å²) in [7, 11) is 6.67. The molecule has 1 N–H and O–H groups in total. The van der Waals surface area contributed by atoms with Crippen LogP contribution in [-0.2, 0) is 4.79 Å². The first-order chi connectivity index (χ1) is 11.0. The average molecular weight is 324 g/mol. The van der Waals surface area contributed by atoms with Crippen LogP contribution in [0.3, 0.4) is 0 Å². The Kier molecular flexibility index (Phi) is 8.26. The molecule has 0 saturated carbocycles. The molecule has 0 heterocycles. The van der Waals surface area contributed by atoms with E-state index in [1.807, 2.05) is 7.05 Å². The van der Waals surface area contributed by atoms with Crippen molar-refractivity contribution in [2.45, 2.75) is 26.2 Å². The molecule has 0 aliphatic heterocycles. The molecule has 1 aromatic carbocycles. The van der Waals surface area contributed by atoms with Gasteiger partial charge in [0.15, 0.2) is 11.5 Å². The van der Waals surface area contributed by atoms with Crippen molar-refractivity contribution < 1.29 is 19.0 Å². The third-order valence-electron chi connectivity index (χ3n) is 3.56. The number of carbonyl (C=O) groups is 1. The van der Waals surface area contributed by atoms with E-state index in [2.05, 4.69) is 17.1 Å². The molecule has 0 saturated heterocycles. The minimum Gasteiger partial charge on any atom is -0.493 e. The van der Waals surface area contributed by atoms with Crippen LogP contribution in [-0.4, -0.2) is 52.3 Å². The highest BCUT2D eigenvalue weighted by Crippen LogP contribution is 2.39. The molecule has 130 valence electrons. The Morgan fingerprint density at radius 3 is 2.17 bits per heavy atom. The molecular formula is C17H28N2O4. The van der Waals surface area contributed by atoms with E-state index >= 15 is 0 Å². The highest BCUT2D eigenvalue weighted by atomic mass is 16.5. The lowest BCUT2D eigenvalue weighted by Gasteiger charge is -2.17. The summed E-state index contributed by atoms with van der Waals surface area (Å²) >= 11 is 0. The molecule has 1 aromatic rings. The summed E-state index contributed by atoms with van der Waals surface area (Å²) < 4.78 is 15.8. The SMILES string of the molecule is CCCCN(C)CCC(=O)Nc1cc(OC)c(OC)c(OC)c1. The number of methoxy groups -OCH3 is 3. The van der Waals surface area contributed by atoms with Crippen molar-refractivity contribution in [3.63, 3.8) is 0 Å². The van der Waals surface area contributed by atoms with Gasteiger partial charge in [0.05, 0.1) is 21.3 Å². The first-order valence-electron chi connectivity index (χ1n) is 7.84. The van der Waals surface area contributed by atoms with Gasteiger partial charge in [0, 0.05) is 30.8 Å². The van der Waals surface area contributed by atoms with Gasteiger partial charge in [-0.2, -0.15) is 0 Å². The van der Waals surface area contributed by atoms with Crippen LogP contribution in [0.5, 0.6) is 17.2 Å². The zero-order valence-electron chi connectivity index (χ0n) is 14.8. The lowest BCUT2D eigenvalue weighted by Crippen LogP contribution is -2.25. The molecule has 0 spiro atoms. The van der Waals surface area contributed by atoms with Crippen LogP contribution >= 0.6 is 0 Å². The number of nitrogens with one attached hydrogen (secondary N) is 1. The van der Waals surface area contributed by atoms with Gasteiger partial charge in [0.2, 0.25) is 11.7 Å². The van der Waals surface area contributed by atoms with E-state index in [1.165, 1.54) is 0 Å². The number of hydrogen-bond donors (Lipinski definition) is 1. The van der Waals surface area contributed by atoms with Crippen molar-refractivity contribution in [1.82, 2.24) is 4.90 Å². The molecule has 0 fully saturated rings. The minimum atomic E-state index is -0.0392. The number of hydrogen-bond acceptors (Lipinski definition) is 5. The van der Waals surface area contributed by atoms with Gasteiger partial charge in [0.1, 0.15) is 0 Å². The molecule has 0 aliphatic carbocycles. The van der Waals surface area contributed by atoms with Gasteiger partial charge < -0.3 is 24.4 Å². The number of amides is 1. The molecular weight excluding hydrogens is 296 g/mol.